The largest absolute Gasteiger partial charge is 0.286 e. The molecule has 0 fully saturated rings. The van der Waals surface area contributed by atoms with Crippen molar-refractivity contribution in [1.29, 1.82) is 0 Å². The van der Waals surface area contributed by atoms with Crippen LogP contribution in [0.2, 0.25) is 0 Å². The first kappa shape index (κ1) is 12.5. The molecule has 0 saturated carbocycles. The van der Waals surface area contributed by atoms with E-state index in [0.717, 1.165) is 0 Å². The van der Waals surface area contributed by atoms with Gasteiger partial charge in [-0.15, -0.1) is 0 Å². The molecule has 2 aromatic rings. The first-order chi connectivity index (χ1) is 6.41. The Morgan fingerprint density at radius 3 is 1.38 bits per heavy atom. The van der Waals surface area contributed by atoms with Crippen LogP contribution in [0.25, 0.3) is 0 Å². The van der Waals surface area contributed by atoms with E-state index in [-0.39, 0.29) is 13.1 Å². The van der Waals surface area contributed by atoms with Crippen LogP contribution in [-0.4, -0.2) is 20.4 Å². The van der Waals surface area contributed by atoms with Gasteiger partial charge in [0.05, 0.1) is 0 Å². The molecule has 4 nitrogen and oxygen atoms in total. The predicted molar refractivity (Wildman–Crippen MR) is 48.9 cm³/mol. The Hall–Kier alpha value is -0.481. The fourth-order valence-corrected chi connectivity index (χ4v) is 0.430. The van der Waals surface area contributed by atoms with Crippen LogP contribution in [0.3, 0.4) is 0 Å². The van der Waals surface area contributed by atoms with Gasteiger partial charge in [0.1, 0.15) is 0 Å². The Morgan fingerprint density at radius 2 is 1.31 bits per heavy atom. The maximum absolute atomic E-state index is 4.76. The molecule has 0 aliphatic rings. The molecule has 0 aromatic carbocycles. The van der Waals surface area contributed by atoms with Gasteiger partial charge in [-0.2, -0.15) is 10.2 Å². The molecule has 2 aromatic heterocycles. The number of hydrogen-bond acceptors (Lipinski definition) is 2. The molecule has 0 saturated heterocycles. The van der Waals surface area contributed by atoms with Gasteiger partial charge in [-0.1, -0.05) is 0 Å². The third kappa shape index (κ3) is 11.5. The first-order valence-corrected chi connectivity index (χ1v) is 6.18. The molecule has 0 bridgehead atoms. The quantitative estimate of drug-likeness (QED) is 0.716. The van der Waals surface area contributed by atoms with E-state index >= 15 is 0 Å². The van der Waals surface area contributed by atoms with Crippen molar-refractivity contribution in [3.05, 3.63) is 36.9 Å². The van der Waals surface area contributed by atoms with Gasteiger partial charge in [0.2, 0.25) is 0 Å². The van der Waals surface area contributed by atoms with Gasteiger partial charge < -0.3 is 0 Å². The van der Waals surface area contributed by atoms with Crippen molar-refractivity contribution in [3.63, 3.8) is 0 Å². The monoisotopic (exact) mass is 262 g/mol. The summed E-state index contributed by atoms with van der Waals surface area (Å²) >= 11 is 0.194. The number of H-pyrrole nitrogens is 2. The summed E-state index contributed by atoms with van der Waals surface area (Å²) in [5, 5.41) is 12.4. The smallest absolute Gasteiger partial charge is 0.0487 e. The summed E-state index contributed by atoms with van der Waals surface area (Å²) in [6.07, 6.45) is 6.92. The number of halogens is 2. The van der Waals surface area contributed by atoms with E-state index in [1.807, 2.05) is 12.1 Å². The molecule has 0 spiro atoms. The van der Waals surface area contributed by atoms with E-state index < -0.39 is 0 Å². The van der Waals surface area contributed by atoms with Crippen LogP contribution >= 0.6 is 20.2 Å². The van der Waals surface area contributed by atoms with Crippen LogP contribution in [0, 0.1) is 0 Å². The van der Waals surface area contributed by atoms with Gasteiger partial charge in [-0.25, -0.2) is 0 Å². The van der Waals surface area contributed by atoms with Crippen LogP contribution in [0.4, 0.5) is 0 Å². The van der Waals surface area contributed by atoms with E-state index in [9.17, 15) is 0 Å². The number of nitrogens with one attached hydrogen (secondary N) is 2. The molecule has 74 valence electrons. The Morgan fingerprint density at radius 1 is 0.923 bits per heavy atom. The van der Waals surface area contributed by atoms with Gasteiger partial charge in [-0.05, 0) is 12.1 Å². The zero-order valence-electron chi connectivity index (χ0n) is 6.47. The molecule has 0 atom stereocenters. The molecule has 0 unspecified atom stereocenters. The van der Waals surface area contributed by atoms with Gasteiger partial charge in [0.25, 0.3) is 0 Å². The van der Waals surface area contributed by atoms with Crippen LogP contribution in [0.15, 0.2) is 36.9 Å². The molecule has 0 aliphatic carbocycles. The zero-order chi connectivity index (χ0) is 9.78. The van der Waals surface area contributed by atoms with Crippen molar-refractivity contribution in [2.45, 2.75) is 0 Å². The Kier molecular flexibility index (Phi) is 11.1. The molecule has 0 amide bonds. The third-order valence-corrected chi connectivity index (χ3v) is 0.812. The van der Waals surface area contributed by atoms with Crippen molar-refractivity contribution < 1.29 is 13.1 Å². The molecule has 2 heterocycles. The molecule has 0 aliphatic heterocycles. The Balaban J connectivity index is 0.000000174. The number of rotatable bonds is 0. The fraction of sp³-hybridized carbons (Fsp3) is 0. The summed E-state index contributed by atoms with van der Waals surface area (Å²) in [6, 6.07) is 3.67. The minimum absolute atomic E-state index is 0.194. The minimum atomic E-state index is 0.194. The summed E-state index contributed by atoms with van der Waals surface area (Å²) in [4.78, 5) is 0. The second kappa shape index (κ2) is 11.5. The van der Waals surface area contributed by atoms with Gasteiger partial charge in [0, 0.05) is 24.8 Å². The average molecular weight is 263 g/mol. The summed E-state index contributed by atoms with van der Waals surface area (Å²) in [6.45, 7) is 0. The first-order valence-electron chi connectivity index (χ1n) is 3.14. The van der Waals surface area contributed by atoms with Gasteiger partial charge >= 0.3 is 33.3 Å². The Labute approximate surface area is 90.6 Å². The van der Waals surface area contributed by atoms with Crippen molar-refractivity contribution in [2.75, 3.05) is 0 Å². The van der Waals surface area contributed by atoms with Crippen molar-refractivity contribution in [1.82, 2.24) is 20.4 Å². The van der Waals surface area contributed by atoms with Crippen molar-refractivity contribution in [2.24, 2.45) is 0 Å². The predicted octanol–water partition coefficient (Wildman–Crippen LogP) is 2.20. The molecule has 0 radical (unpaired) electrons. The van der Waals surface area contributed by atoms with E-state index in [2.05, 4.69) is 20.4 Å². The molecular formula is C6H8Cl2FeN4. The summed E-state index contributed by atoms with van der Waals surface area (Å²) in [7, 11) is 9.53. The normalized spacial score (nSPS) is 7.85. The van der Waals surface area contributed by atoms with E-state index in [4.69, 9.17) is 20.2 Å². The average Bonchev–Trinajstić information content (AvgIpc) is 2.85. The van der Waals surface area contributed by atoms with E-state index in [1.54, 1.807) is 24.8 Å². The van der Waals surface area contributed by atoms with Crippen LogP contribution in [0.1, 0.15) is 0 Å². The standard InChI is InChI=1S/2C3H4N2.2ClH.Fe/c2*1-2-4-5-3-1;;;/h2*1-3H,(H,4,5);2*1H;/q;;;;+2/p-2. The number of nitrogens with zero attached hydrogens (tertiary/aromatic N) is 2. The van der Waals surface area contributed by atoms with Crippen LogP contribution in [0.5, 0.6) is 0 Å². The van der Waals surface area contributed by atoms with Crippen LogP contribution < -0.4 is 0 Å². The number of aromatic nitrogens is 4. The molecular weight excluding hydrogens is 255 g/mol. The topological polar surface area (TPSA) is 57.4 Å². The van der Waals surface area contributed by atoms with E-state index in [1.165, 1.54) is 0 Å². The van der Waals surface area contributed by atoms with E-state index in [0.29, 0.717) is 0 Å². The second-order valence-corrected chi connectivity index (χ2v) is 3.41. The van der Waals surface area contributed by atoms with Crippen molar-refractivity contribution >= 4 is 20.2 Å². The summed E-state index contributed by atoms with van der Waals surface area (Å²) < 4.78 is 0. The minimum Gasteiger partial charge on any atom is -0.286 e. The zero-order valence-corrected chi connectivity index (χ0v) is 9.08. The maximum Gasteiger partial charge on any atom is 0.0487 e. The van der Waals surface area contributed by atoms with Gasteiger partial charge in [0.15, 0.2) is 0 Å². The molecule has 2 N–H and O–H groups in total. The summed E-state index contributed by atoms with van der Waals surface area (Å²) in [5.41, 5.74) is 0. The third-order valence-electron chi connectivity index (χ3n) is 0.812. The maximum atomic E-state index is 4.76. The van der Waals surface area contributed by atoms with Crippen molar-refractivity contribution in [3.8, 4) is 0 Å². The second-order valence-electron chi connectivity index (χ2n) is 1.58. The summed E-state index contributed by atoms with van der Waals surface area (Å²) in [5.74, 6) is 0. The fourth-order valence-electron chi connectivity index (χ4n) is 0.430. The number of aromatic amines is 2. The van der Waals surface area contributed by atoms with Crippen LogP contribution in [-0.2, 0) is 13.1 Å². The number of hydrogen-bond donors (Lipinski definition) is 2. The SMILES string of the molecule is [Cl][Fe][Cl].c1cn[nH]c1.c1cn[nH]c1. The Bertz CT molecular complexity index is 174. The molecule has 2 rings (SSSR count). The molecule has 13 heavy (non-hydrogen) atoms. The van der Waals surface area contributed by atoms with Gasteiger partial charge in [-0.3, -0.25) is 10.2 Å². The molecule has 7 heteroatoms.